The second-order valence-electron chi connectivity index (χ2n) is 2.44. The molecule has 66 valence electrons. The van der Waals surface area contributed by atoms with Crippen molar-refractivity contribution in [3.63, 3.8) is 0 Å². The minimum absolute atomic E-state index is 0.00162. The Morgan fingerprint density at radius 2 is 2.08 bits per heavy atom. The van der Waals surface area contributed by atoms with Gasteiger partial charge in [-0.3, -0.25) is 0 Å². The van der Waals surface area contributed by atoms with Gasteiger partial charge in [0.15, 0.2) is 0 Å². The Hall–Kier alpha value is -1.91. The first kappa shape index (κ1) is 7.72. The van der Waals surface area contributed by atoms with E-state index in [9.17, 15) is 4.39 Å². The molecule has 0 aliphatic heterocycles. The zero-order chi connectivity index (χ0) is 9.26. The highest BCUT2D eigenvalue weighted by Gasteiger charge is 2.10. The average molecular weight is 179 g/mol. The lowest BCUT2D eigenvalue weighted by atomic mass is 10.2. The van der Waals surface area contributed by atoms with Gasteiger partial charge in [0.25, 0.3) is 11.8 Å². The maximum absolute atomic E-state index is 13.1. The van der Waals surface area contributed by atoms with Gasteiger partial charge in [-0.25, -0.2) is 4.39 Å². The third kappa shape index (κ3) is 1.35. The van der Waals surface area contributed by atoms with Crippen LogP contribution < -0.4 is 5.73 Å². The fourth-order valence-corrected chi connectivity index (χ4v) is 0.979. The maximum atomic E-state index is 13.1. The predicted octanol–water partition coefficient (Wildman–Crippen LogP) is 1.46. The Morgan fingerprint density at radius 1 is 1.31 bits per heavy atom. The van der Waals surface area contributed by atoms with Crippen molar-refractivity contribution >= 4 is 5.95 Å². The van der Waals surface area contributed by atoms with E-state index in [1.165, 1.54) is 6.07 Å². The Morgan fingerprint density at radius 3 is 2.69 bits per heavy atom. The lowest BCUT2D eigenvalue weighted by Gasteiger charge is -1.93. The van der Waals surface area contributed by atoms with Crippen LogP contribution in [0.3, 0.4) is 0 Å². The molecule has 4 nitrogen and oxygen atoms in total. The van der Waals surface area contributed by atoms with Crippen LogP contribution in [0, 0.1) is 5.82 Å². The molecule has 0 unspecified atom stereocenters. The molecule has 0 saturated carbocycles. The van der Waals surface area contributed by atoms with Gasteiger partial charge in [0.2, 0.25) is 0 Å². The number of rotatable bonds is 1. The molecule has 0 amide bonds. The van der Waals surface area contributed by atoms with Crippen LogP contribution in [-0.4, -0.2) is 10.1 Å². The third-order valence-corrected chi connectivity index (χ3v) is 1.55. The Labute approximate surface area is 73.2 Å². The van der Waals surface area contributed by atoms with E-state index in [4.69, 9.17) is 10.3 Å². The number of nitrogens with two attached hydrogens (primary N) is 1. The van der Waals surface area contributed by atoms with Gasteiger partial charge < -0.3 is 10.3 Å². The van der Waals surface area contributed by atoms with Crippen LogP contribution in [0.4, 0.5) is 10.3 Å². The topological polar surface area (TPSA) is 64.9 Å². The molecule has 1 aromatic carbocycles. The second kappa shape index (κ2) is 2.85. The standard InChI is InChI=1S/C8H6FN3O/c9-6-4-2-1-3-5(6)7-11-8(10)12-13-7/h1-4H,(H2,10,12). The first-order valence-corrected chi connectivity index (χ1v) is 3.61. The molecule has 1 heterocycles. The molecule has 0 spiro atoms. The maximum Gasteiger partial charge on any atom is 0.262 e. The molecule has 5 heteroatoms. The van der Waals surface area contributed by atoms with E-state index in [-0.39, 0.29) is 17.4 Å². The molecule has 2 N–H and O–H groups in total. The third-order valence-electron chi connectivity index (χ3n) is 1.55. The molecule has 2 aromatic rings. The van der Waals surface area contributed by atoms with Gasteiger partial charge >= 0.3 is 0 Å². The van der Waals surface area contributed by atoms with E-state index in [0.717, 1.165) is 0 Å². The smallest absolute Gasteiger partial charge is 0.262 e. The zero-order valence-corrected chi connectivity index (χ0v) is 6.57. The molecule has 0 fully saturated rings. The molecule has 0 bridgehead atoms. The summed E-state index contributed by atoms with van der Waals surface area (Å²) < 4.78 is 17.8. The van der Waals surface area contributed by atoms with Gasteiger partial charge in [0.1, 0.15) is 5.82 Å². The highest BCUT2D eigenvalue weighted by Crippen LogP contribution is 2.20. The van der Waals surface area contributed by atoms with E-state index in [2.05, 4.69) is 10.1 Å². The number of hydrogen-bond acceptors (Lipinski definition) is 4. The summed E-state index contributed by atoms with van der Waals surface area (Å²) in [5.41, 5.74) is 5.48. The summed E-state index contributed by atoms with van der Waals surface area (Å²) in [5, 5.41) is 3.36. The number of benzene rings is 1. The fourth-order valence-electron chi connectivity index (χ4n) is 0.979. The molecule has 13 heavy (non-hydrogen) atoms. The molecule has 0 radical (unpaired) electrons. The van der Waals surface area contributed by atoms with Crippen LogP contribution in [0.15, 0.2) is 28.8 Å². The van der Waals surface area contributed by atoms with Gasteiger partial charge in [-0.1, -0.05) is 12.1 Å². The number of nitrogen functional groups attached to an aromatic ring is 1. The number of hydrogen-bond donors (Lipinski definition) is 1. The Balaban J connectivity index is 2.52. The quantitative estimate of drug-likeness (QED) is 0.719. The normalized spacial score (nSPS) is 10.2. The zero-order valence-electron chi connectivity index (χ0n) is 6.57. The van der Waals surface area contributed by atoms with Crippen molar-refractivity contribution in [1.29, 1.82) is 0 Å². The molecular formula is C8H6FN3O. The van der Waals surface area contributed by atoms with Gasteiger partial charge in [-0.05, 0) is 17.3 Å². The van der Waals surface area contributed by atoms with Crippen LogP contribution in [0.1, 0.15) is 0 Å². The van der Waals surface area contributed by atoms with Crippen LogP contribution in [0.5, 0.6) is 0 Å². The minimum Gasteiger partial charge on any atom is -0.365 e. The first-order valence-electron chi connectivity index (χ1n) is 3.61. The van der Waals surface area contributed by atoms with Crippen LogP contribution in [0.25, 0.3) is 11.5 Å². The van der Waals surface area contributed by atoms with E-state index < -0.39 is 5.82 Å². The lowest BCUT2D eigenvalue weighted by Crippen LogP contribution is -1.86. The molecule has 0 atom stereocenters. The summed E-state index contributed by atoms with van der Waals surface area (Å²) in [7, 11) is 0. The molecular weight excluding hydrogens is 173 g/mol. The summed E-state index contributed by atoms with van der Waals surface area (Å²) in [5.74, 6) is -0.319. The first-order chi connectivity index (χ1) is 6.27. The summed E-state index contributed by atoms with van der Waals surface area (Å²) in [6.45, 7) is 0. The molecule has 1 aromatic heterocycles. The number of halogens is 1. The number of anilines is 1. The van der Waals surface area contributed by atoms with Gasteiger partial charge in [0, 0.05) is 0 Å². The Bertz CT molecular complexity index is 427. The van der Waals surface area contributed by atoms with Gasteiger partial charge in [0.05, 0.1) is 5.56 Å². The summed E-state index contributed by atoms with van der Waals surface area (Å²) in [6, 6.07) is 6.12. The predicted molar refractivity (Wildman–Crippen MR) is 44.1 cm³/mol. The van der Waals surface area contributed by atoms with Crippen LogP contribution in [-0.2, 0) is 0 Å². The second-order valence-corrected chi connectivity index (χ2v) is 2.44. The average Bonchev–Trinajstić information content (AvgIpc) is 2.53. The highest BCUT2D eigenvalue weighted by molar-refractivity contribution is 5.54. The van der Waals surface area contributed by atoms with Crippen molar-refractivity contribution < 1.29 is 8.91 Å². The van der Waals surface area contributed by atoms with Crippen molar-refractivity contribution in [2.75, 3.05) is 5.73 Å². The van der Waals surface area contributed by atoms with Crippen molar-refractivity contribution in [1.82, 2.24) is 10.1 Å². The lowest BCUT2D eigenvalue weighted by molar-refractivity contribution is 0.430. The minimum atomic E-state index is -0.411. The number of nitrogens with zero attached hydrogens (tertiary/aromatic N) is 2. The van der Waals surface area contributed by atoms with Crippen molar-refractivity contribution in [2.24, 2.45) is 0 Å². The molecule has 0 saturated heterocycles. The van der Waals surface area contributed by atoms with Gasteiger partial charge in [-0.15, -0.1) is 0 Å². The van der Waals surface area contributed by atoms with Crippen molar-refractivity contribution in [3.8, 4) is 11.5 Å². The molecule has 2 rings (SSSR count). The SMILES string of the molecule is Nc1noc(-c2ccccc2F)n1. The monoisotopic (exact) mass is 179 g/mol. The van der Waals surface area contributed by atoms with Crippen LogP contribution >= 0.6 is 0 Å². The van der Waals surface area contributed by atoms with Crippen molar-refractivity contribution in [3.05, 3.63) is 30.1 Å². The van der Waals surface area contributed by atoms with Crippen molar-refractivity contribution in [2.45, 2.75) is 0 Å². The number of aromatic nitrogens is 2. The molecule has 0 aliphatic carbocycles. The Kier molecular flexibility index (Phi) is 1.70. The largest absolute Gasteiger partial charge is 0.365 e. The summed E-state index contributed by atoms with van der Waals surface area (Å²) in [4.78, 5) is 3.70. The highest BCUT2D eigenvalue weighted by atomic mass is 19.1. The van der Waals surface area contributed by atoms with E-state index in [0.29, 0.717) is 0 Å². The van der Waals surface area contributed by atoms with E-state index in [1.807, 2.05) is 0 Å². The van der Waals surface area contributed by atoms with Crippen LogP contribution in [0.2, 0.25) is 0 Å². The molecule has 0 aliphatic rings. The van der Waals surface area contributed by atoms with Gasteiger partial charge in [-0.2, -0.15) is 4.98 Å². The fraction of sp³-hybridized carbons (Fsp3) is 0. The summed E-state index contributed by atoms with van der Waals surface area (Å²) in [6.07, 6.45) is 0. The van der Waals surface area contributed by atoms with E-state index in [1.54, 1.807) is 18.2 Å². The summed E-state index contributed by atoms with van der Waals surface area (Å²) >= 11 is 0. The van der Waals surface area contributed by atoms with E-state index >= 15 is 0 Å².